The standard InChI is InChI=1S/C13H12N2O3S/c1-8-12(14-7-19-8)13(16)15-9-2-3-10-11(6-9)18-5-4-17-10/h2-3,6-7H,4-5H2,1H3,(H,15,16). The normalized spacial score (nSPS) is 13.1. The predicted molar refractivity (Wildman–Crippen MR) is 72.2 cm³/mol. The second-order valence-electron chi connectivity index (χ2n) is 4.07. The van der Waals surface area contributed by atoms with E-state index in [1.807, 2.05) is 6.92 Å². The number of nitrogens with zero attached hydrogens (tertiary/aromatic N) is 1. The Kier molecular flexibility index (Phi) is 3.08. The molecule has 1 aromatic heterocycles. The van der Waals surface area contributed by atoms with Crippen LogP contribution in [0.1, 0.15) is 15.4 Å². The van der Waals surface area contributed by atoms with E-state index in [0.717, 1.165) is 4.88 Å². The zero-order chi connectivity index (χ0) is 13.2. The lowest BCUT2D eigenvalue weighted by Gasteiger charge is -2.18. The highest BCUT2D eigenvalue weighted by molar-refractivity contribution is 7.09. The molecule has 1 N–H and O–H groups in total. The number of carbonyl (C=O) groups is 1. The molecule has 0 aliphatic carbocycles. The molecule has 0 atom stereocenters. The van der Waals surface area contributed by atoms with Gasteiger partial charge in [-0.2, -0.15) is 0 Å². The van der Waals surface area contributed by atoms with E-state index in [0.29, 0.717) is 36.1 Å². The van der Waals surface area contributed by atoms with Crippen LogP contribution in [-0.2, 0) is 0 Å². The molecule has 19 heavy (non-hydrogen) atoms. The van der Waals surface area contributed by atoms with Crippen molar-refractivity contribution in [1.82, 2.24) is 4.98 Å². The monoisotopic (exact) mass is 276 g/mol. The van der Waals surface area contributed by atoms with Crippen molar-refractivity contribution in [3.63, 3.8) is 0 Å². The van der Waals surface area contributed by atoms with Gasteiger partial charge < -0.3 is 14.8 Å². The molecule has 0 radical (unpaired) electrons. The molecule has 0 fully saturated rings. The fourth-order valence-corrected chi connectivity index (χ4v) is 2.41. The number of hydrogen-bond donors (Lipinski definition) is 1. The molecule has 2 heterocycles. The zero-order valence-electron chi connectivity index (χ0n) is 10.3. The molecule has 1 aliphatic heterocycles. The van der Waals surface area contributed by atoms with Crippen molar-refractivity contribution < 1.29 is 14.3 Å². The quantitative estimate of drug-likeness (QED) is 0.915. The molecule has 2 aromatic rings. The smallest absolute Gasteiger partial charge is 0.275 e. The van der Waals surface area contributed by atoms with Crippen molar-refractivity contribution in [2.24, 2.45) is 0 Å². The maximum absolute atomic E-state index is 12.0. The molecule has 3 rings (SSSR count). The summed E-state index contributed by atoms with van der Waals surface area (Å²) in [6.07, 6.45) is 0. The Labute approximate surface area is 114 Å². The van der Waals surface area contributed by atoms with Gasteiger partial charge in [-0.3, -0.25) is 4.79 Å². The summed E-state index contributed by atoms with van der Waals surface area (Å²) >= 11 is 1.45. The number of amides is 1. The largest absolute Gasteiger partial charge is 0.486 e. The fraction of sp³-hybridized carbons (Fsp3) is 0.231. The third-order valence-electron chi connectivity index (χ3n) is 2.76. The van der Waals surface area contributed by atoms with Crippen molar-refractivity contribution in [2.75, 3.05) is 18.5 Å². The Morgan fingerprint density at radius 3 is 2.84 bits per heavy atom. The highest BCUT2D eigenvalue weighted by atomic mass is 32.1. The molecule has 1 aliphatic rings. The van der Waals surface area contributed by atoms with E-state index in [9.17, 15) is 4.79 Å². The van der Waals surface area contributed by atoms with E-state index in [1.165, 1.54) is 11.3 Å². The Morgan fingerprint density at radius 1 is 1.32 bits per heavy atom. The molecule has 1 amide bonds. The van der Waals surface area contributed by atoms with Crippen LogP contribution in [0.2, 0.25) is 0 Å². The number of ether oxygens (including phenoxy) is 2. The van der Waals surface area contributed by atoms with Gasteiger partial charge >= 0.3 is 0 Å². The molecule has 0 unspecified atom stereocenters. The lowest BCUT2D eigenvalue weighted by Crippen LogP contribution is -2.17. The van der Waals surface area contributed by atoms with Crippen LogP contribution >= 0.6 is 11.3 Å². The summed E-state index contributed by atoms with van der Waals surface area (Å²) in [5.41, 5.74) is 2.79. The highest BCUT2D eigenvalue weighted by Crippen LogP contribution is 2.32. The highest BCUT2D eigenvalue weighted by Gasteiger charge is 2.15. The summed E-state index contributed by atoms with van der Waals surface area (Å²) in [6, 6.07) is 5.33. The van der Waals surface area contributed by atoms with Crippen molar-refractivity contribution in [3.05, 3.63) is 34.3 Å². The van der Waals surface area contributed by atoms with Crippen LogP contribution in [0, 0.1) is 6.92 Å². The summed E-state index contributed by atoms with van der Waals surface area (Å²) in [5.74, 6) is 1.14. The number of carbonyl (C=O) groups excluding carboxylic acids is 1. The summed E-state index contributed by atoms with van der Waals surface area (Å²) in [7, 11) is 0. The minimum atomic E-state index is -0.213. The van der Waals surface area contributed by atoms with E-state index in [-0.39, 0.29) is 5.91 Å². The average molecular weight is 276 g/mol. The molecule has 98 valence electrons. The van der Waals surface area contributed by atoms with Crippen molar-refractivity contribution in [3.8, 4) is 11.5 Å². The molecule has 1 aromatic carbocycles. The number of thiazole rings is 1. The Morgan fingerprint density at radius 2 is 2.11 bits per heavy atom. The number of fused-ring (bicyclic) bond motifs is 1. The van der Waals surface area contributed by atoms with Crippen molar-refractivity contribution in [1.29, 1.82) is 0 Å². The van der Waals surface area contributed by atoms with Gasteiger partial charge in [0.1, 0.15) is 18.9 Å². The lowest BCUT2D eigenvalue weighted by molar-refractivity contribution is 0.102. The first-order valence-electron chi connectivity index (χ1n) is 5.85. The van der Waals surface area contributed by atoms with E-state index >= 15 is 0 Å². The summed E-state index contributed by atoms with van der Waals surface area (Å²) in [4.78, 5) is 17.0. The van der Waals surface area contributed by atoms with Gasteiger partial charge in [0.2, 0.25) is 0 Å². The average Bonchev–Trinajstić information content (AvgIpc) is 2.85. The molecule has 0 bridgehead atoms. The van der Waals surface area contributed by atoms with E-state index in [1.54, 1.807) is 23.7 Å². The second-order valence-corrected chi connectivity index (χ2v) is 5.13. The molecular formula is C13H12N2O3S. The molecule has 0 saturated carbocycles. The number of anilines is 1. The Balaban J connectivity index is 1.80. The molecule has 5 nitrogen and oxygen atoms in total. The van der Waals surface area contributed by atoms with E-state index in [4.69, 9.17) is 9.47 Å². The molecule has 0 spiro atoms. The van der Waals surface area contributed by atoms with Crippen molar-refractivity contribution >= 4 is 22.9 Å². The lowest BCUT2D eigenvalue weighted by atomic mass is 10.2. The number of aryl methyl sites for hydroxylation is 1. The van der Waals surface area contributed by atoms with Gasteiger partial charge in [0.05, 0.1) is 5.51 Å². The van der Waals surface area contributed by atoms with Gasteiger partial charge in [-0.15, -0.1) is 11.3 Å². The molecule has 0 saturated heterocycles. The van der Waals surface area contributed by atoms with Crippen LogP contribution in [0.4, 0.5) is 5.69 Å². The number of benzene rings is 1. The topological polar surface area (TPSA) is 60.5 Å². The molecular weight excluding hydrogens is 264 g/mol. The minimum absolute atomic E-state index is 0.213. The number of hydrogen-bond acceptors (Lipinski definition) is 5. The van der Waals surface area contributed by atoms with Crippen LogP contribution in [0.25, 0.3) is 0 Å². The Bertz CT molecular complexity index is 624. The maximum Gasteiger partial charge on any atom is 0.275 e. The third-order valence-corrected chi connectivity index (χ3v) is 3.52. The SMILES string of the molecule is Cc1scnc1C(=O)Nc1ccc2c(c1)OCCO2. The van der Waals surface area contributed by atoms with Gasteiger partial charge in [-0.05, 0) is 19.1 Å². The Hall–Kier alpha value is -2.08. The number of rotatable bonds is 2. The van der Waals surface area contributed by atoms with Gasteiger partial charge in [0.25, 0.3) is 5.91 Å². The van der Waals surface area contributed by atoms with Gasteiger partial charge in [-0.25, -0.2) is 4.98 Å². The number of aromatic nitrogens is 1. The first-order chi connectivity index (χ1) is 9.24. The summed E-state index contributed by atoms with van der Waals surface area (Å²) < 4.78 is 10.9. The predicted octanol–water partition coefficient (Wildman–Crippen LogP) is 2.48. The minimum Gasteiger partial charge on any atom is -0.486 e. The zero-order valence-corrected chi connectivity index (χ0v) is 11.1. The maximum atomic E-state index is 12.0. The van der Waals surface area contributed by atoms with Crippen molar-refractivity contribution in [2.45, 2.75) is 6.92 Å². The summed E-state index contributed by atoms with van der Waals surface area (Å²) in [5, 5.41) is 2.80. The first-order valence-corrected chi connectivity index (χ1v) is 6.73. The van der Waals surface area contributed by atoms with Gasteiger partial charge in [0.15, 0.2) is 11.5 Å². The van der Waals surface area contributed by atoms with E-state index in [2.05, 4.69) is 10.3 Å². The van der Waals surface area contributed by atoms with Crippen LogP contribution in [0.3, 0.4) is 0 Å². The van der Waals surface area contributed by atoms with Crippen LogP contribution in [0.5, 0.6) is 11.5 Å². The van der Waals surface area contributed by atoms with Crippen LogP contribution < -0.4 is 14.8 Å². The van der Waals surface area contributed by atoms with E-state index < -0.39 is 0 Å². The second kappa shape index (κ2) is 4.89. The first kappa shape index (κ1) is 12.0. The van der Waals surface area contributed by atoms with Gasteiger partial charge in [0, 0.05) is 16.6 Å². The van der Waals surface area contributed by atoms with Crippen LogP contribution in [0.15, 0.2) is 23.7 Å². The summed E-state index contributed by atoms with van der Waals surface area (Å²) in [6.45, 7) is 2.95. The molecule has 6 heteroatoms. The fourth-order valence-electron chi connectivity index (χ4n) is 1.83. The van der Waals surface area contributed by atoms with Crippen LogP contribution in [-0.4, -0.2) is 24.1 Å². The number of nitrogens with one attached hydrogen (secondary N) is 1. The third kappa shape index (κ3) is 2.39. The van der Waals surface area contributed by atoms with Gasteiger partial charge in [-0.1, -0.05) is 0 Å².